The van der Waals surface area contributed by atoms with Crippen LogP contribution in [-0.4, -0.2) is 55.3 Å². The highest BCUT2D eigenvalue weighted by Gasteiger charge is 2.17. The predicted octanol–water partition coefficient (Wildman–Crippen LogP) is 9.51. The number of anilines is 1. The zero-order chi connectivity index (χ0) is 35.7. The Bertz CT molecular complexity index is 1770. The van der Waals surface area contributed by atoms with Gasteiger partial charge in [-0.1, -0.05) is 54.4 Å². The molecule has 1 atom stereocenters. The molecule has 2 aromatic carbocycles. The van der Waals surface area contributed by atoms with Crippen molar-refractivity contribution >= 4 is 77.3 Å². The first-order valence-corrected chi connectivity index (χ1v) is 17.9. The number of hydrogen-bond donors (Lipinski definition) is 0. The second-order valence-electron chi connectivity index (χ2n) is 10.9. The van der Waals surface area contributed by atoms with E-state index in [9.17, 15) is 14.4 Å². The number of rotatable bonds is 20. The van der Waals surface area contributed by atoms with E-state index < -0.39 is 18.0 Å². The summed E-state index contributed by atoms with van der Waals surface area (Å²) in [6, 6.07) is 17.4. The summed E-state index contributed by atoms with van der Waals surface area (Å²) in [6.07, 6.45) is 5.70. The monoisotopic (exact) mass is 716 g/mol. The highest BCUT2D eigenvalue weighted by Crippen LogP contribution is 2.39. The summed E-state index contributed by atoms with van der Waals surface area (Å²) in [7, 11) is 0. The minimum Gasteiger partial charge on any atom is -0.463 e. The Labute approximate surface area is 299 Å². The first-order valence-electron chi connectivity index (χ1n) is 16.2. The van der Waals surface area contributed by atoms with Gasteiger partial charge in [0.15, 0.2) is 6.10 Å². The third kappa shape index (κ3) is 12.1. The van der Waals surface area contributed by atoms with Crippen LogP contribution in [0.3, 0.4) is 0 Å². The molecule has 0 bridgehead atoms. The molecular weight excluding hydrogens is 677 g/mol. The molecule has 4 rings (SSSR count). The fraction of sp³-hybridized carbons (Fsp3) is 0.333. The lowest BCUT2D eigenvalue weighted by Gasteiger charge is -2.23. The molecule has 0 spiro atoms. The van der Waals surface area contributed by atoms with Crippen LogP contribution in [-0.2, 0) is 35.0 Å². The Balaban J connectivity index is 1.21. The number of unbranched alkanes of at least 4 members (excludes halogenated alkanes) is 3. The van der Waals surface area contributed by atoms with Gasteiger partial charge in [0.05, 0.1) is 29.3 Å². The second kappa shape index (κ2) is 19.8. The van der Waals surface area contributed by atoms with Crippen molar-refractivity contribution in [1.29, 1.82) is 0 Å². The first-order chi connectivity index (χ1) is 24.3. The van der Waals surface area contributed by atoms with Gasteiger partial charge < -0.3 is 19.1 Å². The molecule has 1 unspecified atom stereocenters. The largest absolute Gasteiger partial charge is 0.463 e. The number of thiazole rings is 1. The molecule has 0 fully saturated rings. The smallest absolute Gasteiger partial charge is 0.347 e. The van der Waals surface area contributed by atoms with E-state index in [1.807, 2.05) is 42.5 Å². The maximum Gasteiger partial charge on any atom is 0.347 e. The summed E-state index contributed by atoms with van der Waals surface area (Å²) in [5.41, 5.74) is 3.53. The molecule has 0 saturated carbocycles. The van der Waals surface area contributed by atoms with Gasteiger partial charge in [0.1, 0.15) is 9.83 Å². The van der Waals surface area contributed by atoms with Gasteiger partial charge >= 0.3 is 17.9 Å². The Kier molecular flexibility index (Phi) is 14.9. The van der Waals surface area contributed by atoms with Crippen LogP contribution < -0.4 is 4.90 Å². The van der Waals surface area contributed by atoms with Gasteiger partial charge in [-0.3, -0.25) is 0 Å². The number of aromatic nitrogens is 1. The van der Waals surface area contributed by atoms with Crippen molar-refractivity contribution in [2.24, 2.45) is 20.5 Å². The van der Waals surface area contributed by atoms with E-state index >= 15 is 0 Å². The zero-order valence-corrected chi connectivity index (χ0v) is 29.8. The van der Waals surface area contributed by atoms with Gasteiger partial charge in [-0.25, -0.2) is 19.4 Å². The maximum absolute atomic E-state index is 11.9. The first kappa shape index (κ1) is 37.7. The van der Waals surface area contributed by atoms with Crippen molar-refractivity contribution in [1.82, 2.24) is 4.98 Å². The lowest BCUT2D eigenvalue weighted by Crippen LogP contribution is -2.26. The van der Waals surface area contributed by atoms with Crippen molar-refractivity contribution in [3.8, 4) is 0 Å². The quantitative estimate of drug-likeness (QED) is 0.0289. The predicted molar refractivity (Wildman–Crippen MR) is 197 cm³/mol. The molecule has 0 aliphatic carbocycles. The zero-order valence-electron chi connectivity index (χ0n) is 28.2. The molecule has 50 heavy (non-hydrogen) atoms. The molecule has 0 radical (unpaired) electrons. The van der Waals surface area contributed by atoms with Crippen LogP contribution in [0.25, 0.3) is 9.53 Å². The normalized spacial score (nSPS) is 11.9. The molecule has 0 saturated heterocycles. The van der Waals surface area contributed by atoms with Crippen LogP contribution in [0.15, 0.2) is 100 Å². The Hall–Kier alpha value is -5.08. The van der Waals surface area contributed by atoms with E-state index in [2.05, 4.69) is 62.6 Å². The van der Waals surface area contributed by atoms with Crippen LogP contribution in [0.2, 0.25) is 0 Å². The van der Waals surface area contributed by atoms with E-state index in [1.54, 1.807) is 0 Å². The molecule has 2 aromatic heterocycles. The number of benzene rings is 2. The fourth-order valence-electron chi connectivity index (χ4n) is 4.59. The molecule has 0 amide bonds. The molecule has 0 aliphatic heterocycles. The molecule has 14 heteroatoms. The summed E-state index contributed by atoms with van der Waals surface area (Å²) in [4.78, 5) is 42.0. The molecule has 0 aliphatic rings. The Morgan fingerprint density at radius 3 is 2.20 bits per heavy atom. The number of azo groups is 2. The van der Waals surface area contributed by atoms with E-state index in [-0.39, 0.29) is 12.6 Å². The number of thiophene rings is 1. The van der Waals surface area contributed by atoms with Crippen LogP contribution in [0.1, 0.15) is 45.1 Å². The van der Waals surface area contributed by atoms with E-state index in [1.165, 1.54) is 35.7 Å². The van der Waals surface area contributed by atoms with E-state index in [4.69, 9.17) is 14.2 Å². The Morgan fingerprint density at radius 1 is 0.840 bits per heavy atom. The summed E-state index contributed by atoms with van der Waals surface area (Å²) >= 11 is 2.87. The van der Waals surface area contributed by atoms with Crippen molar-refractivity contribution in [2.75, 3.05) is 31.2 Å². The van der Waals surface area contributed by atoms with Crippen molar-refractivity contribution in [3.63, 3.8) is 0 Å². The number of carbonyl (C=O) groups is 3. The van der Waals surface area contributed by atoms with Gasteiger partial charge in [-0.15, -0.1) is 20.5 Å². The van der Waals surface area contributed by atoms with Crippen molar-refractivity contribution in [3.05, 3.63) is 85.5 Å². The topological polar surface area (TPSA) is 144 Å². The van der Waals surface area contributed by atoms with Gasteiger partial charge in [0.25, 0.3) is 0 Å². The van der Waals surface area contributed by atoms with Gasteiger partial charge in [0.2, 0.25) is 5.13 Å². The highest BCUT2D eigenvalue weighted by molar-refractivity contribution is 7.30. The number of carbonyl (C=O) groups excluding carboxylic acids is 3. The van der Waals surface area contributed by atoms with Crippen LogP contribution in [0.4, 0.5) is 27.2 Å². The summed E-state index contributed by atoms with van der Waals surface area (Å²) in [5.74, 6) is -1.66. The highest BCUT2D eigenvalue weighted by atomic mass is 32.1. The molecule has 262 valence electrons. The fourth-order valence-corrected chi connectivity index (χ4v) is 6.44. The van der Waals surface area contributed by atoms with Crippen LogP contribution >= 0.6 is 22.7 Å². The molecule has 2 heterocycles. The third-order valence-corrected chi connectivity index (χ3v) is 9.20. The van der Waals surface area contributed by atoms with E-state index in [0.29, 0.717) is 23.8 Å². The van der Waals surface area contributed by atoms with Crippen molar-refractivity contribution < 1.29 is 28.6 Å². The van der Waals surface area contributed by atoms with Gasteiger partial charge in [-0.2, -0.15) is 0 Å². The number of nitrogens with zero attached hydrogens (tertiary/aromatic N) is 6. The number of hydrogen-bond acceptors (Lipinski definition) is 14. The maximum atomic E-state index is 11.9. The summed E-state index contributed by atoms with van der Waals surface area (Å²) < 4.78 is 16.0. The molecular formula is C36H40N6O6S2. The lowest BCUT2D eigenvalue weighted by atomic mass is 10.1. The summed E-state index contributed by atoms with van der Waals surface area (Å²) in [6.45, 7) is 12.7. The average Bonchev–Trinajstić information content (AvgIpc) is 3.70. The SMILES string of the molecule is C=CC(=O)OCCCCCCN(CC)c1ccc(/N=N/c2nc3sc(/N=N/c4ccc(CCOC(=O)C(C)OC(=O)C=C)cc4)cc3s2)cc1. The standard InChI is InChI=1S/C36H40N6O6S2/c1-5-32(43)46-22-11-9-8-10-21-42(7-3)29-18-16-28(17-19-29)39-41-36-37-34-30(49-36)24-31(50-34)40-38-27-14-12-26(13-15-27)20-23-47-35(45)25(4)48-33(44)6-2/h5-6,12-19,24-25H,1-2,7-11,20-23H2,3-4H3/b40-38+,41-39+. The number of esters is 3. The van der Waals surface area contributed by atoms with Crippen molar-refractivity contribution in [2.45, 2.75) is 52.1 Å². The Morgan fingerprint density at radius 2 is 1.52 bits per heavy atom. The average molecular weight is 717 g/mol. The van der Waals surface area contributed by atoms with Gasteiger partial charge in [0, 0.05) is 37.3 Å². The number of fused-ring (bicyclic) bond motifs is 1. The lowest BCUT2D eigenvalue weighted by molar-refractivity contribution is -0.163. The molecule has 4 aromatic rings. The molecule has 12 nitrogen and oxygen atoms in total. The second-order valence-corrected chi connectivity index (χ2v) is 12.9. The minimum atomic E-state index is -0.994. The van der Waals surface area contributed by atoms with E-state index in [0.717, 1.165) is 76.3 Å². The van der Waals surface area contributed by atoms with Gasteiger partial charge in [-0.05, 0) is 81.1 Å². The summed E-state index contributed by atoms with van der Waals surface area (Å²) in [5, 5.41) is 18.7. The minimum absolute atomic E-state index is 0.155. The third-order valence-electron chi connectivity index (χ3n) is 7.27. The van der Waals surface area contributed by atoms with Crippen LogP contribution in [0, 0.1) is 0 Å². The molecule has 0 N–H and O–H groups in total. The number of ether oxygens (including phenoxy) is 3. The van der Waals surface area contributed by atoms with Crippen LogP contribution in [0.5, 0.6) is 0 Å².